The van der Waals surface area contributed by atoms with Crippen LogP contribution in [0.3, 0.4) is 0 Å². The van der Waals surface area contributed by atoms with Crippen molar-refractivity contribution in [3.8, 4) is 0 Å². The molecule has 15 nitrogen and oxygen atoms in total. The molecule has 1 aliphatic heterocycles. The van der Waals surface area contributed by atoms with Gasteiger partial charge >= 0.3 is 11.9 Å². The highest BCUT2D eigenvalue weighted by atomic mass is 16.7. The van der Waals surface area contributed by atoms with Crippen molar-refractivity contribution in [3.63, 3.8) is 0 Å². The smallest absolute Gasteiger partial charge is 0.328 e. The predicted molar refractivity (Wildman–Crippen MR) is 295 cm³/mol. The second-order valence-electron chi connectivity index (χ2n) is 21.1. The third-order valence-electron chi connectivity index (χ3n) is 14.2. The molecule has 0 bridgehead atoms. The molecule has 0 aliphatic carbocycles. The number of aliphatic hydroxyl groups excluding tert-OH is 2. The Morgan fingerprint density at radius 3 is 1.52 bits per heavy atom. The zero-order valence-electron chi connectivity index (χ0n) is 47.4. The maximum atomic E-state index is 13.6. The lowest BCUT2D eigenvalue weighted by Gasteiger charge is -2.44. The Kier molecular flexibility index (Phi) is 39.9. The molecule has 0 spiro atoms. The average molecular weight is 1060 g/mol. The van der Waals surface area contributed by atoms with E-state index in [-0.39, 0.29) is 26.1 Å². The van der Waals surface area contributed by atoms with Gasteiger partial charge in [0.1, 0.15) is 42.5 Å². The number of amides is 3. The molecule has 15 heteroatoms. The summed E-state index contributed by atoms with van der Waals surface area (Å²) in [6.45, 7) is 8.61. The standard InChI is InChI=1S/C60H105N3O12/c1-6-8-10-12-14-16-18-20-22-24-26-28-30-32-37-43-71-53(66)42-41-51(59(70)72-44-38-33-31-29-27-25-23-21-19-17-15-13-11-9-7-2)63-57(68)47(3)61-58(69)48(4)74-56-54(62-49(5)65)60(75-52(45-64)55(56)67)73-46-50-39-35-34-36-40-50/h34-36,39-40,47-48,51-52,54-56,60,64,67H,6-33,37-38,41-46H2,1-5H3,(H,61,69)(H,62,65)(H,63,68). The van der Waals surface area contributed by atoms with Crippen molar-refractivity contribution >= 4 is 29.7 Å². The van der Waals surface area contributed by atoms with Gasteiger partial charge in [-0.1, -0.05) is 224 Å². The number of carbonyl (C=O) groups excluding carboxylic acids is 5. The number of unbranched alkanes of at least 4 members (excludes halogenated alkanes) is 28. The van der Waals surface area contributed by atoms with E-state index in [1.807, 2.05) is 30.3 Å². The van der Waals surface area contributed by atoms with E-state index in [2.05, 4.69) is 29.8 Å². The van der Waals surface area contributed by atoms with E-state index in [4.69, 9.17) is 23.7 Å². The summed E-state index contributed by atoms with van der Waals surface area (Å²) in [7, 11) is 0. The predicted octanol–water partition coefficient (Wildman–Crippen LogP) is 11.2. The van der Waals surface area contributed by atoms with Gasteiger partial charge in [0.15, 0.2) is 6.29 Å². The first-order valence-electron chi connectivity index (χ1n) is 29.9. The van der Waals surface area contributed by atoms with Crippen LogP contribution in [0.15, 0.2) is 30.3 Å². The van der Waals surface area contributed by atoms with Crippen molar-refractivity contribution in [2.75, 3.05) is 19.8 Å². The molecule has 0 aromatic heterocycles. The summed E-state index contributed by atoms with van der Waals surface area (Å²) in [4.78, 5) is 65.9. The zero-order valence-corrected chi connectivity index (χ0v) is 47.4. The highest BCUT2D eigenvalue weighted by Gasteiger charge is 2.48. The topological polar surface area (TPSA) is 208 Å². The van der Waals surface area contributed by atoms with Crippen LogP contribution in [0.4, 0.5) is 0 Å². The maximum Gasteiger partial charge on any atom is 0.328 e. The van der Waals surface area contributed by atoms with Crippen LogP contribution >= 0.6 is 0 Å². The minimum Gasteiger partial charge on any atom is -0.466 e. The Labute approximate surface area is 453 Å². The monoisotopic (exact) mass is 1060 g/mol. The summed E-state index contributed by atoms with van der Waals surface area (Å²) in [5, 5.41) is 29.3. The molecule has 2 rings (SSSR count). The van der Waals surface area contributed by atoms with Crippen molar-refractivity contribution in [1.29, 1.82) is 0 Å². The van der Waals surface area contributed by atoms with Crippen molar-refractivity contribution in [2.45, 2.75) is 296 Å². The van der Waals surface area contributed by atoms with Crippen LogP contribution < -0.4 is 16.0 Å². The van der Waals surface area contributed by atoms with Gasteiger partial charge in [0.2, 0.25) is 17.7 Å². The maximum absolute atomic E-state index is 13.6. The molecule has 8 atom stereocenters. The molecule has 1 heterocycles. The Morgan fingerprint density at radius 2 is 1.07 bits per heavy atom. The van der Waals surface area contributed by atoms with E-state index >= 15 is 0 Å². The van der Waals surface area contributed by atoms with E-state index < -0.39 is 85.1 Å². The molecule has 75 heavy (non-hydrogen) atoms. The van der Waals surface area contributed by atoms with Gasteiger partial charge in [0.25, 0.3) is 0 Å². The fourth-order valence-corrected chi connectivity index (χ4v) is 9.49. The Balaban J connectivity index is 1.89. The lowest BCUT2D eigenvalue weighted by atomic mass is 9.96. The van der Waals surface area contributed by atoms with E-state index in [1.165, 1.54) is 168 Å². The van der Waals surface area contributed by atoms with Crippen molar-refractivity contribution in [3.05, 3.63) is 35.9 Å². The second-order valence-corrected chi connectivity index (χ2v) is 21.1. The fraction of sp³-hybridized carbons (Fsp3) is 0.817. The Hall–Kier alpha value is -3.63. The first-order valence-corrected chi connectivity index (χ1v) is 29.9. The van der Waals surface area contributed by atoms with Crippen molar-refractivity contribution in [1.82, 2.24) is 16.0 Å². The van der Waals surface area contributed by atoms with Gasteiger partial charge in [0.05, 0.1) is 26.4 Å². The molecule has 1 aromatic carbocycles. The van der Waals surface area contributed by atoms with E-state index in [9.17, 15) is 34.2 Å². The van der Waals surface area contributed by atoms with Crippen LogP contribution in [-0.4, -0.2) is 109 Å². The minimum atomic E-state index is -1.48. The number of esters is 2. The zero-order chi connectivity index (χ0) is 54.7. The molecule has 5 N–H and O–H groups in total. The van der Waals surface area contributed by atoms with Gasteiger partial charge in [-0.05, 0) is 38.7 Å². The van der Waals surface area contributed by atoms with Crippen molar-refractivity contribution in [2.24, 2.45) is 0 Å². The lowest BCUT2D eigenvalue weighted by Crippen LogP contribution is -2.66. The van der Waals surface area contributed by atoms with E-state index in [1.54, 1.807) is 0 Å². The molecular weight excluding hydrogens is 955 g/mol. The Bertz CT molecular complexity index is 1620. The number of hydrogen-bond donors (Lipinski definition) is 5. The molecule has 432 valence electrons. The van der Waals surface area contributed by atoms with Crippen LogP contribution in [0, 0.1) is 0 Å². The summed E-state index contributed by atoms with van der Waals surface area (Å²) in [6.07, 6.45) is 30.2. The van der Waals surface area contributed by atoms with E-state index in [0.29, 0.717) is 13.0 Å². The number of hydrogen-bond acceptors (Lipinski definition) is 12. The van der Waals surface area contributed by atoms with Crippen LogP contribution in [0.2, 0.25) is 0 Å². The Morgan fingerprint density at radius 1 is 0.613 bits per heavy atom. The van der Waals surface area contributed by atoms with Gasteiger partial charge in [-0.15, -0.1) is 0 Å². The summed E-state index contributed by atoms with van der Waals surface area (Å²) >= 11 is 0. The quantitative estimate of drug-likeness (QED) is 0.0305. The van der Waals surface area contributed by atoms with Gasteiger partial charge in [-0.2, -0.15) is 0 Å². The minimum absolute atomic E-state index is 0.0486. The normalized spacial score (nSPS) is 18.7. The van der Waals surface area contributed by atoms with Crippen LogP contribution in [-0.2, 0) is 54.3 Å². The number of aliphatic hydroxyl groups is 2. The molecular formula is C60H105N3O12. The summed E-state index contributed by atoms with van der Waals surface area (Å²) in [6, 6.07) is 5.81. The third-order valence-corrected chi connectivity index (χ3v) is 14.2. The highest BCUT2D eigenvalue weighted by molar-refractivity contribution is 5.91. The van der Waals surface area contributed by atoms with Crippen LogP contribution in [0.1, 0.15) is 246 Å². The fourth-order valence-electron chi connectivity index (χ4n) is 9.49. The van der Waals surface area contributed by atoms with Crippen LogP contribution in [0.25, 0.3) is 0 Å². The SMILES string of the molecule is CCCCCCCCCCCCCCCCCOC(=O)CCC(NC(=O)C(C)NC(=O)C(C)OC1C(O)C(CO)OC(OCc2ccccc2)C1NC(C)=O)C(=O)OCCCCCCCCCCCCCCCCC. The third kappa shape index (κ3) is 32.7. The first-order chi connectivity index (χ1) is 36.4. The summed E-state index contributed by atoms with van der Waals surface area (Å²) in [5.74, 6) is -3.02. The second kappa shape index (κ2) is 44.4. The summed E-state index contributed by atoms with van der Waals surface area (Å²) < 4.78 is 29.1. The van der Waals surface area contributed by atoms with Crippen LogP contribution in [0.5, 0.6) is 0 Å². The number of ether oxygens (including phenoxy) is 5. The highest BCUT2D eigenvalue weighted by Crippen LogP contribution is 2.27. The first kappa shape index (κ1) is 67.5. The molecule has 0 saturated carbocycles. The van der Waals surface area contributed by atoms with Gasteiger partial charge in [0, 0.05) is 13.3 Å². The number of carbonyl (C=O) groups is 5. The largest absolute Gasteiger partial charge is 0.466 e. The lowest BCUT2D eigenvalue weighted by molar-refractivity contribution is -0.283. The number of nitrogens with one attached hydrogen (secondary N) is 3. The van der Waals surface area contributed by atoms with Gasteiger partial charge in [-0.3, -0.25) is 19.2 Å². The molecule has 1 saturated heterocycles. The number of benzene rings is 1. The molecule has 8 unspecified atom stereocenters. The molecule has 1 aromatic rings. The molecule has 3 amide bonds. The molecule has 1 aliphatic rings. The molecule has 0 radical (unpaired) electrons. The van der Waals surface area contributed by atoms with E-state index in [0.717, 1.165) is 44.1 Å². The van der Waals surface area contributed by atoms with Gasteiger partial charge < -0.3 is 49.8 Å². The average Bonchev–Trinajstić information content (AvgIpc) is 3.40. The summed E-state index contributed by atoms with van der Waals surface area (Å²) in [5.41, 5.74) is 0.813. The van der Waals surface area contributed by atoms with Crippen molar-refractivity contribution < 1.29 is 57.9 Å². The number of rotatable bonds is 47. The molecule has 1 fully saturated rings. The van der Waals surface area contributed by atoms with Gasteiger partial charge in [-0.25, -0.2) is 4.79 Å².